The molecule has 1 aliphatic rings. The van der Waals surface area contributed by atoms with Crippen molar-refractivity contribution in [3.63, 3.8) is 0 Å². The molecule has 0 spiro atoms. The van der Waals surface area contributed by atoms with Crippen LogP contribution in [0.3, 0.4) is 0 Å². The molecular formula is C15H20F2O2. The van der Waals surface area contributed by atoms with Gasteiger partial charge in [0, 0.05) is 5.57 Å². The Morgan fingerprint density at radius 1 is 1.32 bits per heavy atom. The Hall–Kier alpha value is -1.58. The molecule has 0 aromatic carbocycles. The highest BCUT2D eigenvalue weighted by atomic mass is 19.3. The molecule has 0 saturated carbocycles. The first-order valence-electron chi connectivity index (χ1n) is 6.23. The van der Waals surface area contributed by atoms with E-state index in [0.29, 0.717) is 5.57 Å². The van der Waals surface area contributed by atoms with E-state index < -0.39 is 6.29 Å². The number of hydrogen-bond acceptors (Lipinski definition) is 2. The van der Waals surface area contributed by atoms with Crippen molar-refractivity contribution in [1.29, 1.82) is 0 Å². The summed E-state index contributed by atoms with van der Waals surface area (Å²) in [6.45, 7) is 13.1. The molecule has 106 valence electrons. The highest BCUT2D eigenvalue weighted by Gasteiger charge is 2.46. The molecule has 0 aliphatic carbocycles. The molecule has 19 heavy (non-hydrogen) atoms. The lowest BCUT2D eigenvalue weighted by atomic mass is 9.78. The van der Waals surface area contributed by atoms with Crippen LogP contribution in [-0.4, -0.2) is 6.29 Å². The summed E-state index contributed by atoms with van der Waals surface area (Å²) in [6, 6.07) is 0. The van der Waals surface area contributed by atoms with Crippen LogP contribution in [0.1, 0.15) is 33.6 Å². The van der Waals surface area contributed by atoms with Crippen LogP contribution in [0.4, 0.5) is 8.78 Å². The molecule has 0 radical (unpaired) electrons. The third-order valence-electron chi connectivity index (χ3n) is 2.99. The van der Waals surface area contributed by atoms with Gasteiger partial charge in [-0.1, -0.05) is 52.5 Å². The van der Waals surface area contributed by atoms with Crippen molar-refractivity contribution < 1.29 is 18.3 Å². The first kappa shape index (κ1) is 15.5. The van der Waals surface area contributed by atoms with Crippen molar-refractivity contribution in [1.82, 2.24) is 0 Å². The predicted molar refractivity (Wildman–Crippen MR) is 71.3 cm³/mol. The smallest absolute Gasteiger partial charge is 0.395 e. The summed E-state index contributed by atoms with van der Waals surface area (Å²) in [7, 11) is 0. The topological polar surface area (TPSA) is 18.5 Å². The third kappa shape index (κ3) is 3.46. The Morgan fingerprint density at radius 2 is 1.95 bits per heavy atom. The number of allylic oxidation sites excluding steroid dienone is 4. The molecule has 0 aromatic heterocycles. The lowest BCUT2D eigenvalue weighted by Crippen LogP contribution is -2.20. The fourth-order valence-electron chi connectivity index (χ4n) is 2.17. The second-order valence-corrected chi connectivity index (χ2v) is 5.01. The lowest BCUT2D eigenvalue weighted by molar-refractivity contribution is -0.335. The van der Waals surface area contributed by atoms with Gasteiger partial charge in [0.1, 0.15) is 0 Å². The van der Waals surface area contributed by atoms with E-state index in [1.54, 1.807) is 12.2 Å². The van der Waals surface area contributed by atoms with Gasteiger partial charge in [-0.2, -0.15) is 0 Å². The van der Waals surface area contributed by atoms with Crippen LogP contribution in [0.25, 0.3) is 0 Å². The van der Waals surface area contributed by atoms with Crippen LogP contribution in [-0.2, 0) is 9.47 Å². The van der Waals surface area contributed by atoms with Crippen LogP contribution in [0.15, 0.2) is 48.5 Å². The number of ether oxygens (including phenoxy) is 2. The minimum atomic E-state index is -3.64. The molecule has 1 heterocycles. The zero-order valence-corrected chi connectivity index (χ0v) is 11.6. The third-order valence-corrected chi connectivity index (χ3v) is 2.99. The molecule has 0 unspecified atom stereocenters. The summed E-state index contributed by atoms with van der Waals surface area (Å²) in [4.78, 5) is 0. The van der Waals surface area contributed by atoms with Gasteiger partial charge in [0.25, 0.3) is 0 Å². The Labute approximate surface area is 113 Å². The number of rotatable bonds is 6. The summed E-state index contributed by atoms with van der Waals surface area (Å²) in [5, 5.41) is 0. The highest BCUT2D eigenvalue weighted by Crippen LogP contribution is 2.44. The molecule has 1 rings (SSSR count). The van der Waals surface area contributed by atoms with Crippen LogP contribution >= 0.6 is 0 Å². The van der Waals surface area contributed by atoms with Crippen molar-refractivity contribution in [2.75, 3.05) is 0 Å². The maximum absolute atomic E-state index is 13.2. The maximum Gasteiger partial charge on any atom is 0.586 e. The fraction of sp³-hybridized carbons (Fsp3) is 0.467. The van der Waals surface area contributed by atoms with Crippen LogP contribution in [0.2, 0.25) is 0 Å². The van der Waals surface area contributed by atoms with E-state index >= 15 is 0 Å². The Kier molecular flexibility index (Phi) is 4.56. The molecule has 4 heteroatoms. The molecule has 1 aliphatic heterocycles. The number of alkyl halides is 2. The first-order valence-corrected chi connectivity index (χ1v) is 6.23. The average Bonchev–Trinajstić information content (AvgIpc) is 2.60. The summed E-state index contributed by atoms with van der Waals surface area (Å²) < 4.78 is 35.5. The van der Waals surface area contributed by atoms with Crippen molar-refractivity contribution in [3.8, 4) is 0 Å². The first-order chi connectivity index (χ1) is 8.77. The molecule has 0 fully saturated rings. The lowest BCUT2D eigenvalue weighted by Gasteiger charge is -2.27. The summed E-state index contributed by atoms with van der Waals surface area (Å²) in [5.74, 6) is 0.000582. The van der Waals surface area contributed by atoms with E-state index in [9.17, 15) is 8.78 Å². The van der Waals surface area contributed by atoms with Gasteiger partial charge in [0.15, 0.2) is 11.5 Å². The molecule has 0 aromatic rings. The SMILES string of the molecule is C=C/C=C(\C1=C(C=C)OC(F)(F)O1)C(C)(C)CCC. The van der Waals surface area contributed by atoms with Crippen LogP contribution < -0.4 is 0 Å². The highest BCUT2D eigenvalue weighted by molar-refractivity contribution is 5.40. The Morgan fingerprint density at radius 3 is 2.42 bits per heavy atom. The van der Waals surface area contributed by atoms with E-state index in [1.165, 1.54) is 6.08 Å². The van der Waals surface area contributed by atoms with E-state index in [0.717, 1.165) is 12.8 Å². The van der Waals surface area contributed by atoms with Crippen LogP contribution in [0, 0.1) is 5.41 Å². The molecule has 0 amide bonds. The van der Waals surface area contributed by atoms with Crippen molar-refractivity contribution in [2.45, 2.75) is 39.9 Å². The molecule has 0 N–H and O–H groups in total. The molecule has 0 bridgehead atoms. The minimum absolute atomic E-state index is 0.0396. The summed E-state index contributed by atoms with van der Waals surface area (Å²) >= 11 is 0. The monoisotopic (exact) mass is 270 g/mol. The van der Waals surface area contributed by atoms with Gasteiger partial charge in [0.2, 0.25) is 0 Å². The van der Waals surface area contributed by atoms with E-state index in [2.05, 4.69) is 22.6 Å². The van der Waals surface area contributed by atoms with Gasteiger partial charge < -0.3 is 9.47 Å². The Balaban J connectivity index is 3.24. The normalized spacial score (nSPS) is 18.9. The van der Waals surface area contributed by atoms with Gasteiger partial charge in [-0.15, -0.1) is 8.78 Å². The van der Waals surface area contributed by atoms with Crippen molar-refractivity contribution in [2.24, 2.45) is 5.41 Å². The van der Waals surface area contributed by atoms with Gasteiger partial charge in [-0.25, -0.2) is 0 Å². The molecule has 0 saturated heterocycles. The van der Waals surface area contributed by atoms with Gasteiger partial charge in [0.05, 0.1) is 0 Å². The molecular weight excluding hydrogens is 250 g/mol. The zero-order chi connectivity index (χ0) is 14.7. The van der Waals surface area contributed by atoms with E-state index in [-0.39, 0.29) is 16.9 Å². The fourth-order valence-corrected chi connectivity index (χ4v) is 2.17. The quantitative estimate of drug-likeness (QED) is 0.638. The second-order valence-electron chi connectivity index (χ2n) is 5.01. The maximum atomic E-state index is 13.2. The van der Waals surface area contributed by atoms with E-state index in [4.69, 9.17) is 0 Å². The largest absolute Gasteiger partial charge is 0.586 e. The second kappa shape index (κ2) is 5.59. The number of hydrogen-bond donors (Lipinski definition) is 0. The van der Waals surface area contributed by atoms with Crippen LogP contribution in [0.5, 0.6) is 0 Å². The predicted octanol–water partition coefficient (Wildman–Crippen LogP) is 4.92. The number of halogens is 2. The summed E-state index contributed by atoms with van der Waals surface area (Å²) in [6.07, 6.45) is 2.58. The van der Waals surface area contributed by atoms with Gasteiger partial charge >= 0.3 is 6.29 Å². The van der Waals surface area contributed by atoms with Gasteiger partial charge in [-0.3, -0.25) is 0 Å². The van der Waals surface area contributed by atoms with Crippen molar-refractivity contribution >= 4 is 0 Å². The minimum Gasteiger partial charge on any atom is -0.395 e. The van der Waals surface area contributed by atoms with Gasteiger partial charge in [-0.05, 0) is 17.9 Å². The van der Waals surface area contributed by atoms with Crippen molar-refractivity contribution in [3.05, 3.63) is 48.5 Å². The standard InChI is InChI=1S/C15H20F2O2/c1-6-9-11(14(4,5)10-7-2)13-12(8-3)18-15(16,17)19-13/h6,8-9H,1,3,7,10H2,2,4-5H3/b11-9+. The zero-order valence-electron chi connectivity index (χ0n) is 11.6. The average molecular weight is 270 g/mol. The van der Waals surface area contributed by atoms with E-state index in [1.807, 2.05) is 20.8 Å². The molecule has 2 nitrogen and oxygen atoms in total. The Bertz CT molecular complexity index is 431. The molecule has 0 atom stereocenters. The summed E-state index contributed by atoms with van der Waals surface area (Å²) in [5.41, 5.74) is 0.312.